The van der Waals surface area contributed by atoms with Crippen LogP contribution in [0.5, 0.6) is 5.75 Å². The van der Waals surface area contributed by atoms with Gasteiger partial charge in [-0.1, -0.05) is 24.3 Å². The molecule has 0 heterocycles. The van der Waals surface area contributed by atoms with Crippen LogP contribution in [0.4, 0.5) is 5.69 Å². The number of para-hydroxylation sites is 2. The third-order valence-corrected chi connectivity index (χ3v) is 3.61. The summed E-state index contributed by atoms with van der Waals surface area (Å²) in [5.41, 5.74) is 3.39. The van der Waals surface area contributed by atoms with E-state index in [0.29, 0.717) is 28.1 Å². The number of hydrogen-bond donors (Lipinski definition) is 2. The Bertz CT molecular complexity index is 762. The van der Waals surface area contributed by atoms with Gasteiger partial charge in [-0.05, 0) is 47.1 Å². The van der Waals surface area contributed by atoms with Crippen LogP contribution in [0.2, 0.25) is 0 Å². The van der Waals surface area contributed by atoms with Crippen molar-refractivity contribution in [1.29, 1.82) is 0 Å². The highest BCUT2D eigenvalue weighted by atomic mass is 79.9. The molecule has 0 spiro atoms. The lowest BCUT2D eigenvalue weighted by molar-refractivity contribution is -0.136. The van der Waals surface area contributed by atoms with Crippen LogP contribution in [-0.4, -0.2) is 24.6 Å². The molecule has 0 saturated carbocycles. The normalized spacial score (nSPS) is 10.4. The predicted molar refractivity (Wildman–Crippen MR) is 96.1 cm³/mol. The van der Waals surface area contributed by atoms with E-state index in [1.807, 2.05) is 19.1 Å². The van der Waals surface area contributed by atoms with Crippen LogP contribution in [0.15, 0.2) is 58.1 Å². The molecule has 6 nitrogen and oxygen atoms in total. The molecule has 0 atom stereocenters. The van der Waals surface area contributed by atoms with Crippen molar-refractivity contribution in [3.63, 3.8) is 0 Å². The van der Waals surface area contributed by atoms with Crippen LogP contribution >= 0.6 is 15.9 Å². The largest absolute Gasteiger partial charge is 0.493 e. The number of nitrogens with zero attached hydrogens (tertiary/aromatic N) is 1. The Morgan fingerprint density at radius 2 is 1.83 bits per heavy atom. The highest BCUT2D eigenvalue weighted by Crippen LogP contribution is 2.20. The molecule has 0 aliphatic carbocycles. The Morgan fingerprint density at radius 1 is 1.12 bits per heavy atom. The molecule has 2 aromatic rings. The fourth-order valence-electron chi connectivity index (χ4n) is 1.83. The molecule has 2 N–H and O–H groups in total. The molecular weight excluding hydrogens is 374 g/mol. The van der Waals surface area contributed by atoms with Crippen molar-refractivity contribution in [1.82, 2.24) is 5.43 Å². The lowest BCUT2D eigenvalue weighted by Gasteiger charge is -2.06. The summed E-state index contributed by atoms with van der Waals surface area (Å²) in [5.74, 6) is -1.02. The maximum Gasteiger partial charge on any atom is 0.329 e. The predicted octanol–water partition coefficient (Wildman–Crippen LogP) is 2.94. The van der Waals surface area contributed by atoms with Gasteiger partial charge in [-0.25, -0.2) is 5.43 Å². The van der Waals surface area contributed by atoms with E-state index >= 15 is 0 Å². The van der Waals surface area contributed by atoms with Gasteiger partial charge in [0.15, 0.2) is 0 Å². The first-order valence-corrected chi connectivity index (χ1v) is 8.02. The molecule has 0 saturated heterocycles. The number of rotatable bonds is 5. The van der Waals surface area contributed by atoms with Gasteiger partial charge in [-0.2, -0.15) is 5.10 Å². The van der Waals surface area contributed by atoms with E-state index in [9.17, 15) is 9.59 Å². The van der Waals surface area contributed by atoms with E-state index < -0.39 is 11.8 Å². The maximum absolute atomic E-state index is 11.8. The van der Waals surface area contributed by atoms with Crippen molar-refractivity contribution < 1.29 is 14.3 Å². The van der Waals surface area contributed by atoms with Crippen LogP contribution in [0.1, 0.15) is 12.5 Å². The number of halogens is 1. The molecule has 2 aromatic carbocycles. The molecule has 0 unspecified atom stereocenters. The lowest BCUT2D eigenvalue weighted by atomic mass is 10.2. The summed E-state index contributed by atoms with van der Waals surface area (Å²) in [6.07, 6.45) is 1.43. The average molecular weight is 390 g/mol. The van der Waals surface area contributed by atoms with Crippen molar-refractivity contribution in [2.75, 3.05) is 11.9 Å². The van der Waals surface area contributed by atoms with Gasteiger partial charge in [0, 0.05) is 10.0 Å². The number of nitrogens with one attached hydrogen (secondary N) is 2. The summed E-state index contributed by atoms with van der Waals surface area (Å²) >= 11 is 3.29. The minimum Gasteiger partial charge on any atom is -0.493 e. The number of hydrogen-bond acceptors (Lipinski definition) is 4. The first-order valence-electron chi connectivity index (χ1n) is 7.22. The van der Waals surface area contributed by atoms with Gasteiger partial charge >= 0.3 is 11.8 Å². The van der Waals surface area contributed by atoms with E-state index in [1.165, 1.54) is 6.21 Å². The van der Waals surface area contributed by atoms with Gasteiger partial charge in [-0.15, -0.1) is 0 Å². The fourth-order valence-corrected chi connectivity index (χ4v) is 2.21. The van der Waals surface area contributed by atoms with Gasteiger partial charge in [-0.3, -0.25) is 9.59 Å². The second-order valence-electron chi connectivity index (χ2n) is 4.60. The number of amides is 2. The number of carbonyl (C=O) groups excluding carboxylic acids is 2. The highest BCUT2D eigenvalue weighted by molar-refractivity contribution is 9.10. The molecule has 0 fully saturated rings. The summed E-state index contributed by atoms with van der Waals surface area (Å²) in [6, 6.07) is 14.2. The van der Waals surface area contributed by atoms with E-state index in [2.05, 4.69) is 31.8 Å². The quantitative estimate of drug-likeness (QED) is 0.468. The minimum atomic E-state index is -0.865. The molecule has 2 rings (SSSR count). The molecule has 2 amide bonds. The Hall–Kier alpha value is -2.67. The van der Waals surface area contributed by atoms with Crippen LogP contribution < -0.4 is 15.5 Å². The zero-order valence-electron chi connectivity index (χ0n) is 13.0. The maximum atomic E-state index is 11.8. The molecule has 124 valence electrons. The Balaban J connectivity index is 1.95. The third kappa shape index (κ3) is 4.92. The van der Waals surface area contributed by atoms with E-state index in [4.69, 9.17) is 4.74 Å². The second-order valence-corrected chi connectivity index (χ2v) is 5.46. The minimum absolute atomic E-state index is 0.503. The highest BCUT2D eigenvalue weighted by Gasteiger charge is 2.14. The van der Waals surface area contributed by atoms with Gasteiger partial charge in [0.25, 0.3) is 0 Å². The second kappa shape index (κ2) is 8.83. The summed E-state index contributed by atoms with van der Waals surface area (Å²) in [6.45, 7) is 2.40. The summed E-state index contributed by atoms with van der Waals surface area (Å²) in [7, 11) is 0. The van der Waals surface area contributed by atoms with Crippen molar-refractivity contribution in [3.05, 3.63) is 58.6 Å². The summed E-state index contributed by atoms with van der Waals surface area (Å²) < 4.78 is 6.13. The van der Waals surface area contributed by atoms with E-state index in [1.54, 1.807) is 36.4 Å². The molecule has 0 aliphatic heterocycles. The first-order chi connectivity index (χ1) is 11.6. The Morgan fingerprint density at radius 3 is 2.58 bits per heavy atom. The molecule has 0 aliphatic rings. The molecule has 7 heteroatoms. The summed E-state index contributed by atoms with van der Waals surface area (Å²) in [5, 5.41) is 6.29. The van der Waals surface area contributed by atoms with Crippen molar-refractivity contribution in [2.45, 2.75) is 6.92 Å². The van der Waals surface area contributed by atoms with Crippen molar-refractivity contribution in [2.24, 2.45) is 5.10 Å². The van der Waals surface area contributed by atoms with E-state index in [-0.39, 0.29) is 0 Å². The van der Waals surface area contributed by atoms with Crippen LogP contribution in [0, 0.1) is 0 Å². The first kappa shape index (κ1) is 17.7. The van der Waals surface area contributed by atoms with Gasteiger partial charge in [0.05, 0.1) is 18.5 Å². The standard InChI is InChI=1S/C17H16BrN3O3/c1-2-24-15-10-6-3-7-12(15)11-19-21-17(23)16(22)20-14-9-5-4-8-13(14)18/h3-11H,2H2,1H3,(H,20,22)(H,21,23)/b19-11-. The van der Waals surface area contributed by atoms with Gasteiger partial charge in [0.1, 0.15) is 5.75 Å². The van der Waals surface area contributed by atoms with Crippen LogP contribution in [0.3, 0.4) is 0 Å². The smallest absolute Gasteiger partial charge is 0.329 e. The number of anilines is 1. The van der Waals surface area contributed by atoms with E-state index in [0.717, 1.165) is 0 Å². The molecular formula is C17H16BrN3O3. The molecule has 24 heavy (non-hydrogen) atoms. The number of hydrazone groups is 1. The Labute approximate surface area is 148 Å². The Kier molecular flexibility index (Phi) is 6.51. The number of carbonyl (C=O) groups is 2. The number of ether oxygens (including phenoxy) is 1. The molecule has 0 aromatic heterocycles. The van der Waals surface area contributed by atoms with Crippen molar-refractivity contribution >= 4 is 39.6 Å². The zero-order valence-corrected chi connectivity index (χ0v) is 14.5. The van der Waals surface area contributed by atoms with Crippen LogP contribution in [0.25, 0.3) is 0 Å². The number of benzene rings is 2. The average Bonchev–Trinajstić information content (AvgIpc) is 2.58. The molecule has 0 bridgehead atoms. The monoisotopic (exact) mass is 389 g/mol. The SMILES string of the molecule is CCOc1ccccc1/C=N\NC(=O)C(=O)Nc1ccccc1Br. The summed E-state index contributed by atoms with van der Waals surface area (Å²) in [4.78, 5) is 23.6. The van der Waals surface area contributed by atoms with Crippen LogP contribution in [-0.2, 0) is 9.59 Å². The van der Waals surface area contributed by atoms with Gasteiger partial charge < -0.3 is 10.1 Å². The zero-order chi connectivity index (χ0) is 17.4. The lowest BCUT2D eigenvalue weighted by Crippen LogP contribution is -2.32. The fraction of sp³-hybridized carbons (Fsp3) is 0.118. The topological polar surface area (TPSA) is 79.8 Å². The molecule has 0 radical (unpaired) electrons. The third-order valence-electron chi connectivity index (χ3n) is 2.92. The van der Waals surface area contributed by atoms with Crippen molar-refractivity contribution in [3.8, 4) is 5.75 Å². The van der Waals surface area contributed by atoms with Gasteiger partial charge in [0.2, 0.25) is 0 Å².